The highest BCUT2D eigenvalue weighted by molar-refractivity contribution is 6.02. The number of fused-ring (bicyclic) bond motifs is 1. The van der Waals surface area contributed by atoms with E-state index in [0.717, 1.165) is 10.8 Å². The van der Waals surface area contributed by atoms with E-state index in [2.05, 4.69) is 10.5 Å². The summed E-state index contributed by atoms with van der Waals surface area (Å²) < 4.78 is 5.21. The lowest BCUT2D eigenvalue weighted by molar-refractivity contribution is 0.0926. The Hall–Kier alpha value is -3.08. The maximum absolute atomic E-state index is 11.8. The SMILES string of the molecule is Cc1ccc(C(=O)N/N=C/c2c(O)ccc3ccccc23)o1. The van der Waals surface area contributed by atoms with Crippen LogP contribution in [0, 0.1) is 6.92 Å². The molecule has 0 aliphatic rings. The minimum Gasteiger partial charge on any atom is -0.507 e. The van der Waals surface area contributed by atoms with Gasteiger partial charge in [0.25, 0.3) is 0 Å². The summed E-state index contributed by atoms with van der Waals surface area (Å²) in [5.41, 5.74) is 2.93. The summed E-state index contributed by atoms with van der Waals surface area (Å²) >= 11 is 0. The van der Waals surface area contributed by atoms with Crippen LogP contribution in [-0.4, -0.2) is 17.2 Å². The molecule has 0 unspecified atom stereocenters. The predicted molar refractivity (Wildman–Crippen MR) is 84.1 cm³/mol. The van der Waals surface area contributed by atoms with Crippen molar-refractivity contribution in [3.63, 3.8) is 0 Å². The van der Waals surface area contributed by atoms with E-state index in [9.17, 15) is 9.90 Å². The second-order valence-electron chi connectivity index (χ2n) is 4.83. The van der Waals surface area contributed by atoms with Crippen LogP contribution in [0.5, 0.6) is 5.75 Å². The van der Waals surface area contributed by atoms with Crippen molar-refractivity contribution in [1.29, 1.82) is 0 Å². The van der Waals surface area contributed by atoms with Gasteiger partial charge >= 0.3 is 5.91 Å². The number of furan rings is 1. The number of hydrazone groups is 1. The van der Waals surface area contributed by atoms with Crippen LogP contribution in [0.3, 0.4) is 0 Å². The van der Waals surface area contributed by atoms with E-state index < -0.39 is 5.91 Å². The first-order chi connectivity index (χ1) is 10.6. The third-order valence-corrected chi connectivity index (χ3v) is 3.27. The quantitative estimate of drug-likeness (QED) is 0.575. The number of nitrogens with zero attached hydrogens (tertiary/aromatic N) is 1. The highest BCUT2D eigenvalue weighted by Gasteiger charge is 2.09. The van der Waals surface area contributed by atoms with Crippen LogP contribution in [-0.2, 0) is 0 Å². The second kappa shape index (κ2) is 5.73. The summed E-state index contributed by atoms with van der Waals surface area (Å²) in [4.78, 5) is 11.8. The molecule has 5 nitrogen and oxygen atoms in total. The number of aromatic hydroxyl groups is 1. The Morgan fingerprint density at radius 1 is 1.18 bits per heavy atom. The first-order valence-electron chi connectivity index (χ1n) is 6.76. The molecule has 0 saturated heterocycles. The summed E-state index contributed by atoms with van der Waals surface area (Å²) in [5, 5.41) is 15.7. The summed E-state index contributed by atoms with van der Waals surface area (Å²) in [7, 11) is 0. The number of carbonyl (C=O) groups excluding carboxylic acids is 1. The lowest BCUT2D eigenvalue weighted by Crippen LogP contribution is -2.16. The van der Waals surface area contributed by atoms with Gasteiger partial charge in [-0.05, 0) is 35.9 Å². The molecule has 1 aromatic heterocycles. The van der Waals surface area contributed by atoms with Crippen LogP contribution in [0.15, 0.2) is 58.0 Å². The first kappa shape index (κ1) is 13.9. The van der Waals surface area contributed by atoms with Gasteiger partial charge < -0.3 is 9.52 Å². The van der Waals surface area contributed by atoms with Crippen molar-refractivity contribution >= 4 is 22.9 Å². The number of nitrogens with one attached hydrogen (secondary N) is 1. The second-order valence-corrected chi connectivity index (χ2v) is 4.83. The van der Waals surface area contributed by atoms with E-state index >= 15 is 0 Å². The summed E-state index contributed by atoms with van der Waals surface area (Å²) in [6.45, 7) is 1.76. The molecule has 0 fully saturated rings. The van der Waals surface area contributed by atoms with Crippen molar-refractivity contribution in [3.05, 3.63) is 65.6 Å². The standard InChI is InChI=1S/C17H14N2O3/c1-11-6-9-16(22-11)17(21)19-18-10-14-13-5-3-2-4-12(13)7-8-15(14)20/h2-10,20H,1H3,(H,19,21)/b18-10+. The number of aryl methyl sites for hydroxylation is 1. The van der Waals surface area contributed by atoms with Gasteiger partial charge in [-0.1, -0.05) is 30.3 Å². The molecular formula is C17H14N2O3. The topological polar surface area (TPSA) is 74.8 Å². The zero-order chi connectivity index (χ0) is 15.5. The molecule has 0 atom stereocenters. The number of phenolic OH excluding ortho intramolecular Hbond substituents is 1. The van der Waals surface area contributed by atoms with Crippen LogP contribution in [0.2, 0.25) is 0 Å². The molecule has 0 radical (unpaired) electrons. The van der Waals surface area contributed by atoms with Crippen LogP contribution in [0.25, 0.3) is 10.8 Å². The number of rotatable bonds is 3. The van der Waals surface area contributed by atoms with Crippen LogP contribution >= 0.6 is 0 Å². The van der Waals surface area contributed by atoms with Crippen LogP contribution < -0.4 is 5.43 Å². The lowest BCUT2D eigenvalue weighted by Gasteiger charge is -2.04. The average molecular weight is 294 g/mol. The number of hydrogen-bond donors (Lipinski definition) is 2. The highest BCUT2D eigenvalue weighted by atomic mass is 16.3. The molecule has 0 aliphatic carbocycles. The normalized spacial score (nSPS) is 11.1. The summed E-state index contributed by atoms with van der Waals surface area (Å²) in [5.74, 6) is 0.507. The molecule has 0 bridgehead atoms. The predicted octanol–water partition coefficient (Wildman–Crippen LogP) is 3.21. The summed E-state index contributed by atoms with van der Waals surface area (Å²) in [6, 6.07) is 14.3. The van der Waals surface area contributed by atoms with Crippen molar-refractivity contribution in [2.75, 3.05) is 0 Å². The lowest BCUT2D eigenvalue weighted by atomic mass is 10.0. The molecule has 1 heterocycles. The Morgan fingerprint density at radius 2 is 2.00 bits per heavy atom. The van der Waals surface area contributed by atoms with Gasteiger partial charge in [-0.3, -0.25) is 4.79 Å². The van der Waals surface area contributed by atoms with Gasteiger partial charge in [0.05, 0.1) is 6.21 Å². The fourth-order valence-corrected chi connectivity index (χ4v) is 2.19. The monoisotopic (exact) mass is 294 g/mol. The molecule has 3 rings (SSSR count). The molecule has 110 valence electrons. The number of carbonyl (C=O) groups is 1. The Kier molecular flexibility index (Phi) is 3.62. The fraction of sp³-hybridized carbons (Fsp3) is 0.0588. The van der Waals surface area contributed by atoms with Crippen molar-refractivity contribution in [2.24, 2.45) is 5.10 Å². The van der Waals surface area contributed by atoms with Crippen molar-refractivity contribution in [2.45, 2.75) is 6.92 Å². The van der Waals surface area contributed by atoms with Crippen LogP contribution in [0.1, 0.15) is 21.9 Å². The molecular weight excluding hydrogens is 280 g/mol. The van der Waals surface area contributed by atoms with Gasteiger partial charge in [0.15, 0.2) is 5.76 Å². The van der Waals surface area contributed by atoms with E-state index in [1.54, 1.807) is 25.1 Å². The molecule has 5 heteroatoms. The minimum atomic E-state index is -0.441. The zero-order valence-corrected chi connectivity index (χ0v) is 11.9. The van der Waals surface area contributed by atoms with E-state index in [0.29, 0.717) is 11.3 Å². The smallest absolute Gasteiger partial charge is 0.307 e. The Balaban J connectivity index is 1.84. The Labute approximate surface area is 126 Å². The van der Waals surface area contributed by atoms with Gasteiger partial charge in [-0.2, -0.15) is 5.10 Å². The fourth-order valence-electron chi connectivity index (χ4n) is 2.19. The Bertz CT molecular complexity index is 865. The van der Waals surface area contributed by atoms with Crippen molar-refractivity contribution < 1.29 is 14.3 Å². The van der Waals surface area contributed by atoms with E-state index in [-0.39, 0.29) is 11.5 Å². The summed E-state index contributed by atoms with van der Waals surface area (Å²) in [6.07, 6.45) is 1.42. The molecule has 22 heavy (non-hydrogen) atoms. The minimum absolute atomic E-state index is 0.102. The van der Waals surface area contributed by atoms with E-state index in [1.165, 1.54) is 6.21 Å². The number of hydrogen-bond acceptors (Lipinski definition) is 4. The molecule has 0 aliphatic heterocycles. The molecule has 2 N–H and O–H groups in total. The largest absolute Gasteiger partial charge is 0.507 e. The maximum atomic E-state index is 11.8. The molecule has 1 amide bonds. The van der Waals surface area contributed by atoms with Crippen LogP contribution in [0.4, 0.5) is 0 Å². The third-order valence-electron chi connectivity index (χ3n) is 3.27. The number of amides is 1. The number of benzene rings is 2. The molecule has 3 aromatic rings. The Morgan fingerprint density at radius 3 is 2.77 bits per heavy atom. The average Bonchev–Trinajstić information content (AvgIpc) is 2.96. The van der Waals surface area contributed by atoms with Gasteiger partial charge in [0.1, 0.15) is 11.5 Å². The van der Waals surface area contributed by atoms with Gasteiger partial charge in [0, 0.05) is 5.56 Å². The first-order valence-corrected chi connectivity index (χ1v) is 6.76. The van der Waals surface area contributed by atoms with E-state index in [1.807, 2.05) is 30.3 Å². The molecule has 2 aromatic carbocycles. The zero-order valence-electron chi connectivity index (χ0n) is 11.9. The molecule has 0 saturated carbocycles. The van der Waals surface area contributed by atoms with E-state index in [4.69, 9.17) is 4.42 Å². The third kappa shape index (κ3) is 2.69. The maximum Gasteiger partial charge on any atom is 0.307 e. The number of phenols is 1. The highest BCUT2D eigenvalue weighted by Crippen LogP contribution is 2.25. The van der Waals surface area contributed by atoms with Crippen molar-refractivity contribution in [3.8, 4) is 5.75 Å². The van der Waals surface area contributed by atoms with Gasteiger partial charge in [0.2, 0.25) is 0 Å². The van der Waals surface area contributed by atoms with Gasteiger partial charge in [-0.25, -0.2) is 5.43 Å². The molecule has 0 spiro atoms. The van der Waals surface area contributed by atoms with Crippen molar-refractivity contribution in [1.82, 2.24) is 5.43 Å². The van der Waals surface area contributed by atoms with Gasteiger partial charge in [-0.15, -0.1) is 0 Å².